The molecule has 0 amide bonds. The van der Waals surface area contributed by atoms with Crippen molar-refractivity contribution in [2.45, 2.75) is 30.7 Å². The first-order valence-corrected chi connectivity index (χ1v) is 10.2. The molecule has 1 aliphatic rings. The molecule has 1 aliphatic heterocycles. The number of nitrogens with one attached hydrogen (secondary N) is 1. The van der Waals surface area contributed by atoms with Crippen molar-refractivity contribution in [1.82, 2.24) is 4.31 Å². The van der Waals surface area contributed by atoms with Gasteiger partial charge in [0.15, 0.2) is 5.96 Å². The Morgan fingerprint density at radius 2 is 1.65 bits per heavy atom. The van der Waals surface area contributed by atoms with Gasteiger partial charge < -0.3 is 11.1 Å². The van der Waals surface area contributed by atoms with Gasteiger partial charge >= 0.3 is 0 Å². The van der Waals surface area contributed by atoms with E-state index in [0.29, 0.717) is 30.5 Å². The van der Waals surface area contributed by atoms with Gasteiger partial charge in [-0.2, -0.15) is 4.31 Å². The number of nitrogens with two attached hydrogens (primary N) is 1. The molecule has 0 atom stereocenters. The van der Waals surface area contributed by atoms with Gasteiger partial charge in [-0.1, -0.05) is 36.8 Å². The molecular weight excluding hydrogens is 348 g/mol. The van der Waals surface area contributed by atoms with Crippen molar-refractivity contribution in [3.05, 3.63) is 60.2 Å². The molecule has 1 heterocycles. The molecule has 7 heteroatoms. The number of benzene rings is 2. The number of sulfonamides is 1. The molecule has 0 aromatic heterocycles. The van der Waals surface area contributed by atoms with Crippen LogP contribution in [-0.2, 0) is 16.6 Å². The molecule has 6 nitrogen and oxygen atoms in total. The molecule has 1 fully saturated rings. The average Bonchev–Trinajstić information content (AvgIpc) is 2.68. The molecule has 3 rings (SSSR count). The van der Waals surface area contributed by atoms with Crippen LogP contribution in [0.2, 0.25) is 0 Å². The van der Waals surface area contributed by atoms with E-state index in [4.69, 9.17) is 5.73 Å². The fraction of sp³-hybridized carbons (Fsp3) is 0.316. The molecule has 138 valence electrons. The quantitative estimate of drug-likeness (QED) is 0.624. The molecule has 26 heavy (non-hydrogen) atoms. The Labute approximate surface area is 154 Å². The van der Waals surface area contributed by atoms with Crippen molar-refractivity contribution < 1.29 is 8.42 Å². The number of hydrogen-bond acceptors (Lipinski definition) is 3. The highest BCUT2D eigenvalue weighted by atomic mass is 32.2. The predicted octanol–water partition coefficient (Wildman–Crippen LogP) is 2.79. The van der Waals surface area contributed by atoms with Crippen molar-refractivity contribution in [2.75, 3.05) is 18.4 Å². The van der Waals surface area contributed by atoms with E-state index in [1.54, 1.807) is 28.6 Å². The smallest absolute Gasteiger partial charge is 0.243 e. The van der Waals surface area contributed by atoms with Crippen LogP contribution >= 0.6 is 0 Å². The fourth-order valence-corrected chi connectivity index (χ4v) is 4.42. The van der Waals surface area contributed by atoms with E-state index >= 15 is 0 Å². The van der Waals surface area contributed by atoms with Gasteiger partial charge in [-0.05, 0) is 42.7 Å². The molecule has 0 aliphatic carbocycles. The van der Waals surface area contributed by atoms with Crippen LogP contribution in [0.1, 0.15) is 24.8 Å². The summed E-state index contributed by atoms with van der Waals surface area (Å²) in [7, 11) is -3.39. The van der Waals surface area contributed by atoms with E-state index in [2.05, 4.69) is 10.3 Å². The highest BCUT2D eigenvalue weighted by Crippen LogP contribution is 2.21. The van der Waals surface area contributed by atoms with Gasteiger partial charge in [-0.25, -0.2) is 13.4 Å². The molecule has 0 spiro atoms. The summed E-state index contributed by atoms with van der Waals surface area (Å²) in [5, 5.41) is 3.02. The third-order valence-corrected chi connectivity index (χ3v) is 6.27. The summed E-state index contributed by atoms with van der Waals surface area (Å²) >= 11 is 0. The van der Waals surface area contributed by atoms with E-state index in [-0.39, 0.29) is 0 Å². The number of anilines is 1. The molecule has 0 unspecified atom stereocenters. The zero-order chi connectivity index (χ0) is 18.4. The zero-order valence-corrected chi connectivity index (χ0v) is 15.5. The Morgan fingerprint density at radius 3 is 2.31 bits per heavy atom. The summed E-state index contributed by atoms with van der Waals surface area (Å²) < 4.78 is 26.8. The van der Waals surface area contributed by atoms with Crippen LogP contribution in [0.3, 0.4) is 0 Å². The Balaban J connectivity index is 1.63. The average molecular weight is 372 g/mol. The van der Waals surface area contributed by atoms with Crippen LogP contribution in [-0.4, -0.2) is 31.8 Å². The second kappa shape index (κ2) is 8.33. The molecular formula is C19H24N4O2S. The molecule has 0 saturated carbocycles. The summed E-state index contributed by atoms with van der Waals surface area (Å²) in [6, 6.07) is 16.4. The number of rotatable bonds is 5. The third-order valence-electron chi connectivity index (χ3n) is 4.35. The van der Waals surface area contributed by atoms with Crippen LogP contribution in [0.25, 0.3) is 0 Å². The van der Waals surface area contributed by atoms with E-state index in [1.165, 1.54) is 0 Å². The Kier molecular flexibility index (Phi) is 5.90. The first-order valence-electron chi connectivity index (χ1n) is 8.77. The molecule has 1 saturated heterocycles. The van der Waals surface area contributed by atoms with Crippen molar-refractivity contribution >= 4 is 21.7 Å². The summed E-state index contributed by atoms with van der Waals surface area (Å²) in [5.74, 6) is 0.321. The van der Waals surface area contributed by atoms with Gasteiger partial charge in [-0.3, -0.25) is 0 Å². The standard InChI is InChI=1S/C19H24N4O2S/c20-19(22-17-7-3-1-4-8-17)21-15-16-9-11-18(12-10-16)26(24,25)23-13-5-2-6-14-23/h1,3-4,7-12H,2,5-6,13-15H2,(H3,20,21,22). The van der Waals surface area contributed by atoms with Gasteiger partial charge in [0.25, 0.3) is 0 Å². The zero-order valence-electron chi connectivity index (χ0n) is 14.6. The van der Waals surface area contributed by atoms with Crippen molar-refractivity contribution in [3.8, 4) is 0 Å². The maximum absolute atomic E-state index is 12.6. The number of nitrogens with zero attached hydrogens (tertiary/aromatic N) is 2. The van der Waals surface area contributed by atoms with Crippen LogP contribution in [0.4, 0.5) is 5.69 Å². The van der Waals surface area contributed by atoms with E-state index in [9.17, 15) is 8.42 Å². The first kappa shape index (κ1) is 18.4. The maximum Gasteiger partial charge on any atom is 0.243 e. The minimum absolute atomic E-state index is 0.321. The Bertz CT molecular complexity index is 843. The lowest BCUT2D eigenvalue weighted by Gasteiger charge is -2.25. The highest BCUT2D eigenvalue weighted by Gasteiger charge is 2.25. The number of guanidine groups is 1. The van der Waals surface area contributed by atoms with E-state index in [0.717, 1.165) is 30.5 Å². The van der Waals surface area contributed by atoms with E-state index in [1.807, 2.05) is 30.3 Å². The SMILES string of the molecule is NC(=NCc1ccc(S(=O)(=O)N2CCCCC2)cc1)Nc1ccccc1. The summed E-state index contributed by atoms with van der Waals surface area (Å²) in [4.78, 5) is 4.63. The summed E-state index contributed by atoms with van der Waals surface area (Å²) in [5.41, 5.74) is 7.66. The lowest BCUT2D eigenvalue weighted by atomic mass is 10.2. The molecule has 2 aromatic rings. The monoisotopic (exact) mass is 372 g/mol. The number of hydrogen-bond donors (Lipinski definition) is 2. The predicted molar refractivity (Wildman–Crippen MR) is 104 cm³/mol. The van der Waals surface area contributed by atoms with Gasteiger partial charge in [0.05, 0.1) is 11.4 Å². The molecule has 2 aromatic carbocycles. The fourth-order valence-electron chi connectivity index (χ4n) is 2.91. The molecule has 3 N–H and O–H groups in total. The topological polar surface area (TPSA) is 87.8 Å². The van der Waals surface area contributed by atoms with Crippen LogP contribution in [0.5, 0.6) is 0 Å². The van der Waals surface area contributed by atoms with Gasteiger partial charge in [0, 0.05) is 18.8 Å². The minimum Gasteiger partial charge on any atom is -0.370 e. The van der Waals surface area contributed by atoms with Crippen LogP contribution < -0.4 is 11.1 Å². The van der Waals surface area contributed by atoms with Gasteiger partial charge in [0.2, 0.25) is 10.0 Å². The largest absolute Gasteiger partial charge is 0.370 e. The van der Waals surface area contributed by atoms with Crippen LogP contribution in [0.15, 0.2) is 64.5 Å². The first-order chi connectivity index (χ1) is 12.6. The lowest BCUT2D eigenvalue weighted by Crippen LogP contribution is -2.35. The number of piperidine rings is 1. The van der Waals surface area contributed by atoms with Gasteiger partial charge in [-0.15, -0.1) is 0 Å². The van der Waals surface area contributed by atoms with E-state index < -0.39 is 10.0 Å². The second-order valence-corrected chi connectivity index (χ2v) is 8.24. The molecule has 0 bridgehead atoms. The lowest BCUT2D eigenvalue weighted by molar-refractivity contribution is 0.346. The minimum atomic E-state index is -3.39. The number of aliphatic imine (C=N–C) groups is 1. The van der Waals surface area contributed by atoms with Crippen molar-refractivity contribution in [3.63, 3.8) is 0 Å². The van der Waals surface area contributed by atoms with Gasteiger partial charge in [0.1, 0.15) is 0 Å². The number of para-hydroxylation sites is 1. The summed E-state index contributed by atoms with van der Waals surface area (Å²) in [6.07, 6.45) is 2.96. The maximum atomic E-state index is 12.6. The highest BCUT2D eigenvalue weighted by molar-refractivity contribution is 7.89. The van der Waals surface area contributed by atoms with Crippen molar-refractivity contribution in [2.24, 2.45) is 10.7 Å². The normalized spacial score (nSPS) is 16.4. The second-order valence-electron chi connectivity index (χ2n) is 6.30. The molecule has 0 radical (unpaired) electrons. The third kappa shape index (κ3) is 4.62. The van der Waals surface area contributed by atoms with Crippen LogP contribution in [0, 0.1) is 0 Å². The Morgan fingerprint density at radius 1 is 1.00 bits per heavy atom. The van der Waals surface area contributed by atoms with Crippen molar-refractivity contribution in [1.29, 1.82) is 0 Å². The Hall–Kier alpha value is -2.38. The summed E-state index contributed by atoms with van der Waals surface area (Å²) in [6.45, 7) is 1.60.